The quantitative estimate of drug-likeness (QED) is 0.455. The molecular weight excluding hydrogens is 414 g/mol. The first kappa shape index (κ1) is 19.9. The third-order valence-electron chi connectivity index (χ3n) is 5.48. The molecule has 0 radical (unpaired) electrons. The minimum atomic E-state index is -0.116. The molecule has 0 saturated carbocycles. The van der Waals surface area contributed by atoms with Crippen molar-refractivity contribution in [3.8, 4) is 34.3 Å². The highest BCUT2D eigenvalue weighted by Crippen LogP contribution is 2.34. The minimum Gasteiger partial charge on any atom is -0.497 e. The van der Waals surface area contributed by atoms with Crippen LogP contribution >= 0.6 is 0 Å². The van der Waals surface area contributed by atoms with Gasteiger partial charge in [0.15, 0.2) is 5.76 Å². The van der Waals surface area contributed by atoms with Crippen molar-refractivity contribution < 1.29 is 23.2 Å². The van der Waals surface area contributed by atoms with Gasteiger partial charge in [-0.15, -0.1) is 0 Å². The largest absolute Gasteiger partial charge is 0.497 e. The van der Waals surface area contributed by atoms with E-state index < -0.39 is 0 Å². The Labute approximate surface area is 183 Å². The molecule has 1 aliphatic rings. The molecule has 32 heavy (non-hydrogen) atoms. The second-order valence-corrected chi connectivity index (χ2v) is 7.45. The van der Waals surface area contributed by atoms with Gasteiger partial charge in [-0.05, 0) is 36.4 Å². The van der Waals surface area contributed by atoms with Gasteiger partial charge in [-0.2, -0.15) is 10.1 Å². The summed E-state index contributed by atoms with van der Waals surface area (Å²) in [5, 5.41) is 8.47. The zero-order valence-electron chi connectivity index (χ0n) is 17.8. The van der Waals surface area contributed by atoms with Gasteiger partial charge in [0.2, 0.25) is 11.7 Å². The van der Waals surface area contributed by atoms with Gasteiger partial charge in [-0.25, -0.2) is 0 Å². The number of amides is 1. The zero-order chi connectivity index (χ0) is 22.2. The normalized spacial score (nSPS) is 13.8. The van der Waals surface area contributed by atoms with Crippen LogP contribution in [0.5, 0.6) is 11.5 Å². The number of nitrogens with zero attached hydrogens (tertiary/aromatic N) is 5. The van der Waals surface area contributed by atoms with Crippen LogP contribution in [0.15, 0.2) is 51.6 Å². The molecule has 1 amide bonds. The van der Waals surface area contributed by atoms with Crippen molar-refractivity contribution in [3.63, 3.8) is 0 Å². The number of furan rings is 1. The maximum absolute atomic E-state index is 13.1. The fourth-order valence-corrected chi connectivity index (χ4v) is 3.68. The van der Waals surface area contributed by atoms with E-state index in [0.29, 0.717) is 53.5 Å². The average Bonchev–Trinajstić information content (AvgIpc) is 3.53. The number of ether oxygens (including phenoxy) is 2. The molecule has 5 rings (SSSR count). The number of carbonyl (C=O) groups excluding carboxylic acids is 1. The van der Waals surface area contributed by atoms with Crippen LogP contribution in [0.3, 0.4) is 0 Å². The predicted molar refractivity (Wildman–Crippen MR) is 112 cm³/mol. The molecule has 1 aliphatic heterocycles. The minimum absolute atomic E-state index is 0.0126. The smallest absolute Gasteiger partial charge is 0.272 e. The molecule has 0 aliphatic carbocycles. The topological polar surface area (TPSA) is 109 Å². The van der Waals surface area contributed by atoms with Gasteiger partial charge < -0.3 is 23.3 Å². The number of aromatic nitrogens is 4. The number of benzene rings is 1. The summed E-state index contributed by atoms with van der Waals surface area (Å²) in [7, 11) is 4.93. The Morgan fingerprint density at radius 1 is 1.16 bits per heavy atom. The van der Waals surface area contributed by atoms with Gasteiger partial charge in [0.1, 0.15) is 17.2 Å². The van der Waals surface area contributed by atoms with Crippen LogP contribution in [0.2, 0.25) is 0 Å². The van der Waals surface area contributed by atoms with E-state index in [1.54, 1.807) is 55.3 Å². The molecule has 1 saturated heterocycles. The Morgan fingerprint density at radius 2 is 2.00 bits per heavy atom. The number of likely N-dealkylation sites (tertiary alicyclic amines) is 1. The first-order chi connectivity index (χ1) is 15.6. The number of methoxy groups -OCH3 is 2. The fourth-order valence-electron chi connectivity index (χ4n) is 3.68. The Bertz CT molecular complexity index is 1250. The van der Waals surface area contributed by atoms with E-state index in [1.165, 1.54) is 0 Å². The SMILES string of the molecule is COc1ccc(OC)c(-c2cc(C(=O)N3CC(c4nc(-c5ccco5)no4)C3)n(C)n2)c1. The number of carbonyl (C=O) groups is 1. The van der Waals surface area contributed by atoms with Gasteiger partial charge >= 0.3 is 0 Å². The molecule has 0 N–H and O–H groups in total. The summed E-state index contributed by atoms with van der Waals surface area (Å²) in [5.74, 6) is 2.64. The molecule has 0 bridgehead atoms. The Kier molecular flexibility index (Phi) is 4.89. The molecule has 164 valence electrons. The lowest BCUT2D eigenvalue weighted by Crippen LogP contribution is -2.49. The molecule has 4 heterocycles. The van der Waals surface area contributed by atoms with Crippen LogP contribution in [0.4, 0.5) is 0 Å². The molecular formula is C22H21N5O5. The maximum atomic E-state index is 13.1. The molecule has 1 fully saturated rings. The maximum Gasteiger partial charge on any atom is 0.272 e. The summed E-state index contributed by atoms with van der Waals surface area (Å²) in [4.78, 5) is 19.2. The molecule has 1 aromatic carbocycles. The molecule has 0 unspecified atom stereocenters. The number of rotatable bonds is 6. The number of hydrogen-bond donors (Lipinski definition) is 0. The lowest BCUT2D eigenvalue weighted by molar-refractivity contribution is 0.0558. The highest BCUT2D eigenvalue weighted by Gasteiger charge is 2.37. The summed E-state index contributed by atoms with van der Waals surface area (Å²) >= 11 is 0. The first-order valence-electron chi connectivity index (χ1n) is 10.0. The number of hydrogen-bond acceptors (Lipinski definition) is 8. The third-order valence-corrected chi connectivity index (χ3v) is 5.48. The van der Waals surface area contributed by atoms with Crippen LogP contribution in [-0.2, 0) is 7.05 Å². The summed E-state index contributed by atoms with van der Waals surface area (Å²) in [6.07, 6.45) is 1.55. The van der Waals surface area contributed by atoms with E-state index in [-0.39, 0.29) is 11.8 Å². The summed E-state index contributed by atoms with van der Waals surface area (Å²) in [5.41, 5.74) is 1.85. The van der Waals surface area contributed by atoms with E-state index in [9.17, 15) is 4.79 Å². The highest BCUT2D eigenvalue weighted by molar-refractivity contribution is 5.94. The third kappa shape index (κ3) is 3.39. The van der Waals surface area contributed by atoms with E-state index in [4.69, 9.17) is 18.4 Å². The monoisotopic (exact) mass is 435 g/mol. The van der Waals surface area contributed by atoms with Crippen molar-refractivity contribution in [2.75, 3.05) is 27.3 Å². The van der Waals surface area contributed by atoms with Crippen LogP contribution in [-0.4, -0.2) is 58.0 Å². The summed E-state index contributed by atoms with van der Waals surface area (Å²) in [6.45, 7) is 0.975. The van der Waals surface area contributed by atoms with Crippen LogP contribution in [0.25, 0.3) is 22.8 Å². The number of aryl methyl sites for hydroxylation is 1. The summed E-state index contributed by atoms with van der Waals surface area (Å²) in [6, 6.07) is 10.7. The first-order valence-corrected chi connectivity index (χ1v) is 10.0. The summed E-state index contributed by atoms with van der Waals surface area (Å²) < 4.78 is 23.0. The molecule has 10 heteroatoms. The highest BCUT2D eigenvalue weighted by atomic mass is 16.5. The van der Waals surface area contributed by atoms with E-state index >= 15 is 0 Å². The second-order valence-electron chi connectivity index (χ2n) is 7.45. The Hall–Kier alpha value is -4.08. The van der Waals surface area contributed by atoms with Crippen molar-refractivity contribution in [1.29, 1.82) is 0 Å². The lowest BCUT2D eigenvalue weighted by atomic mass is 9.99. The standard InChI is InChI=1S/C22H21N5O5/c1-26-17(10-16(24-26)15-9-14(29-2)6-7-18(15)30-3)22(28)27-11-13(12-27)21-23-20(25-32-21)19-5-4-8-31-19/h4-10,13H,11-12H2,1-3H3. The molecule has 0 atom stereocenters. The van der Waals surface area contributed by atoms with Gasteiger partial charge in [0.05, 0.1) is 32.1 Å². The predicted octanol–water partition coefficient (Wildman–Crippen LogP) is 2.99. The van der Waals surface area contributed by atoms with Gasteiger partial charge in [-0.1, -0.05) is 5.16 Å². The zero-order valence-corrected chi connectivity index (χ0v) is 17.8. The van der Waals surface area contributed by atoms with Gasteiger partial charge in [-0.3, -0.25) is 9.48 Å². The average molecular weight is 435 g/mol. The van der Waals surface area contributed by atoms with Gasteiger partial charge in [0.25, 0.3) is 5.91 Å². The lowest BCUT2D eigenvalue weighted by Gasteiger charge is -2.36. The van der Waals surface area contributed by atoms with Crippen molar-refractivity contribution >= 4 is 5.91 Å². The second kappa shape index (κ2) is 7.88. The van der Waals surface area contributed by atoms with E-state index in [0.717, 1.165) is 5.56 Å². The van der Waals surface area contributed by atoms with E-state index in [1.807, 2.05) is 18.2 Å². The van der Waals surface area contributed by atoms with Crippen molar-refractivity contribution in [3.05, 3.63) is 54.2 Å². The molecule has 3 aromatic heterocycles. The Morgan fingerprint density at radius 3 is 2.72 bits per heavy atom. The van der Waals surface area contributed by atoms with Crippen molar-refractivity contribution in [2.24, 2.45) is 7.05 Å². The van der Waals surface area contributed by atoms with Crippen LogP contribution in [0.1, 0.15) is 22.3 Å². The van der Waals surface area contributed by atoms with Crippen LogP contribution in [0, 0.1) is 0 Å². The van der Waals surface area contributed by atoms with Crippen LogP contribution < -0.4 is 9.47 Å². The molecule has 0 spiro atoms. The fraction of sp³-hybridized carbons (Fsp3) is 0.273. The van der Waals surface area contributed by atoms with E-state index in [2.05, 4.69) is 15.2 Å². The van der Waals surface area contributed by atoms with Crippen molar-refractivity contribution in [1.82, 2.24) is 24.8 Å². The molecule has 10 nitrogen and oxygen atoms in total. The Balaban J connectivity index is 1.31. The molecule has 4 aromatic rings. The van der Waals surface area contributed by atoms with Crippen molar-refractivity contribution in [2.45, 2.75) is 5.92 Å². The van der Waals surface area contributed by atoms with Gasteiger partial charge in [0, 0.05) is 25.7 Å².